The average Bonchev–Trinajstić information content (AvgIpc) is 2.46. The number of nitrogens with one attached hydrogen (secondary N) is 1. The van der Waals surface area contributed by atoms with Crippen molar-refractivity contribution in [3.05, 3.63) is 23.7 Å². The third-order valence-electron chi connectivity index (χ3n) is 2.59. The third kappa shape index (κ3) is 2.34. The summed E-state index contributed by atoms with van der Waals surface area (Å²) in [5, 5.41) is 4.29. The van der Waals surface area contributed by atoms with Gasteiger partial charge in [-0.2, -0.15) is 11.8 Å². The second-order valence-electron chi connectivity index (χ2n) is 3.89. The Bertz CT molecular complexity index is 297. The summed E-state index contributed by atoms with van der Waals surface area (Å²) in [7, 11) is 0. The van der Waals surface area contributed by atoms with E-state index >= 15 is 0 Å². The molecule has 2 atom stereocenters. The van der Waals surface area contributed by atoms with E-state index in [-0.39, 0.29) is 0 Å². The molecule has 2 unspecified atom stereocenters. The van der Waals surface area contributed by atoms with Crippen LogP contribution in [0.25, 0.3) is 0 Å². The highest BCUT2D eigenvalue weighted by molar-refractivity contribution is 7.99. The van der Waals surface area contributed by atoms with E-state index in [0.29, 0.717) is 6.04 Å². The van der Waals surface area contributed by atoms with Crippen LogP contribution in [0.3, 0.4) is 0 Å². The highest BCUT2D eigenvalue weighted by Crippen LogP contribution is 2.26. The standard InChI is InChI=1S/C11H17NOS/c1-8-3-4-11(13-8)10-7-14-9(2)5-6-12-10/h3-4,9-10,12H,5-7H2,1-2H3. The number of hydrogen-bond acceptors (Lipinski definition) is 3. The van der Waals surface area contributed by atoms with E-state index in [0.717, 1.165) is 29.1 Å². The average molecular weight is 211 g/mol. The molecule has 0 aliphatic carbocycles. The lowest BCUT2D eigenvalue weighted by molar-refractivity contribution is 0.422. The molecule has 1 aromatic rings. The molecule has 2 rings (SSSR count). The van der Waals surface area contributed by atoms with Gasteiger partial charge >= 0.3 is 0 Å². The Kier molecular flexibility index (Phi) is 3.19. The molecule has 0 spiro atoms. The van der Waals surface area contributed by atoms with Gasteiger partial charge in [0.25, 0.3) is 0 Å². The van der Waals surface area contributed by atoms with Gasteiger partial charge in [0, 0.05) is 11.0 Å². The van der Waals surface area contributed by atoms with E-state index < -0.39 is 0 Å². The van der Waals surface area contributed by atoms with Gasteiger partial charge in [-0.15, -0.1) is 0 Å². The van der Waals surface area contributed by atoms with Crippen LogP contribution in [0.15, 0.2) is 16.5 Å². The van der Waals surface area contributed by atoms with Crippen LogP contribution < -0.4 is 5.32 Å². The van der Waals surface area contributed by atoms with Crippen LogP contribution in [0.2, 0.25) is 0 Å². The molecule has 14 heavy (non-hydrogen) atoms. The summed E-state index contributed by atoms with van der Waals surface area (Å²) < 4.78 is 5.64. The first-order valence-electron chi connectivity index (χ1n) is 5.17. The first kappa shape index (κ1) is 10.1. The zero-order chi connectivity index (χ0) is 9.97. The predicted octanol–water partition coefficient (Wildman–Crippen LogP) is 2.74. The monoisotopic (exact) mass is 211 g/mol. The third-order valence-corrected chi connectivity index (χ3v) is 3.92. The molecule has 0 bridgehead atoms. The first-order chi connectivity index (χ1) is 6.75. The molecule has 78 valence electrons. The lowest BCUT2D eigenvalue weighted by atomic mass is 10.2. The summed E-state index contributed by atoms with van der Waals surface area (Å²) in [6, 6.07) is 4.53. The number of thioether (sulfide) groups is 1. The Hall–Kier alpha value is -0.410. The summed E-state index contributed by atoms with van der Waals surface area (Å²) in [5.41, 5.74) is 0. The fourth-order valence-corrected chi connectivity index (χ4v) is 2.77. The second-order valence-corrected chi connectivity index (χ2v) is 5.36. The molecule has 0 radical (unpaired) electrons. The van der Waals surface area contributed by atoms with Gasteiger partial charge < -0.3 is 9.73 Å². The van der Waals surface area contributed by atoms with Gasteiger partial charge in [-0.3, -0.25) is 0 Å². The maximum absolute atomic E-state index is 5.64. The normalized spacial score (nSPS) is 28.7. The predicted molar refractivity (Wildman–Crippen MR) is 60.7 cm³/mol. The second kappa shape index (κ2) is 4.41. The van der Waals surface area contributed by atoms with Gasteiger partial charge in [0.1, 0.15) is 11.5 Å². The Balaban J connectivity index is 2.04. The summed E-state index contributed by atoms with van der Waals surface area (Å²) in [4.78, 5) is 0. The summed E-state index contributed by atoms with van der Waals surface area (Å²) >= 11 is 2.03. The summed E-state index contributed by atoms with van der Waals surface area (Å²) in [5.74, 6) is 3.21. The number of rotatable bonds is 1. The van der Waals surface area contributed by atoms with Crippen LogP contribution in [0.1, 0.15) is 30.9 Å². The Morgan fingerprint density at radius 2 is 2.36 bits per heavy atom. The minimum atomic E-state index is 0.402. The molecular weight excluding hydrogens is 194 g/mol. The molecule has 1 aliphatic heterocycles. The van der Waals surface area contributed by atoms with E-state index in [1.165, 1.54) is 6.42 Å². The minimum Gasteiger partial charge on any atom is -0.465 e. The van der Waals surface area contributed by atoms with E-state index in [2.05, 4.69) is 18.3 Å². The van der Waals surface area contributed by atoms with Crippen LogP contribution in [0.5, 0.6) is 0 Å². The van der Waals surface area contributed by atoms with Crippen molar-refractivity contribution in [1.29, 1.82) is 0 Å². The number of hydrogen-bond donors (Lipinski definition) is 1. The first-order valence-corrected chi connectivity index (χ1v) is 6.22. The maximum atomic E-state index is 5.64. The van der Waals surface area contributed by atoms with Gasteiger partial charge in [0.15, 0.2) is 0 Å². The number of furan rings is 1. The van der Waals surface area contributed by atoms with Crippen molar-refractivity contribution in [3.63, 3.8) is 0 Å². The van der Waals surface area contributed by atoms with Crippen LogP contribution in [0.4, 0.5) is 0 Å². The van der Waals surface area contributed by atoms with Crippen molar-refractivity contribution in [2.45, 2.75) is 31.6 Å². The molecule has 0 aromatic carbocycles. The van der Waals surface area contributed by atoms with E-state index in [9.17, 15) is 0 Å². The zero-order valence-electron chi connectivity index (χ0n) is 8.75. The molecule has 1 aliphatic rings. The van der Waals surface area contributed by atoms with Gasteiger partial charge in [-0.1, -0.05) is 6.92 Å². The Morgan fingerprint density at radius 3 is 3.07 bits per heavy atom. The molecule has 0 saturated carbocycles. The fraction of sp³-hybridized carbons (Fsp3) is 0.636. The lowest BCUT2D eigenvalue weighted by Gasteiger charge is -2.11. The van der Waals surface area contributed by atoms with Crippen LogP contribution in [-0.4, -0.2) is 17.5 Å². The molecule has 3 heteroatoms. The van der Waals surface area contributed by atoms with Crippen molar-refractivity contribution in [3.8, 4) is 0 Å². The van der Waals surface area contributed by atoms with Crippen LogP contribution in [-0.2, 0) is 0 Å². The minimum absolute atomic E-state index is 0.402. The van der Waals surface area contributed by atoms with Gasteiger partial charge in [0.05, 0.1) is 6.04 Å². The van der Waals surface area contributed by atoms with Crippen molar-refractivity contribution in [1.82, 2.24) is 5.32 Å². The topological polar surface area (TPSA) is 25.2 Å². The van der Waals surface area contributed by atoms with Gasteiger partial charge in [-0.25, -0.2) is 0 Å². The van der Waals surface area contributed by atoms with Gasteiger partial charge in [-0.05, 0) is 32.0 Å². The molecule has 2 heterocycles. The maximum Gasteiger partial charge on any atom is 0.121 e. The largest absolute Gasteiger partial charge is 0.465 e. The van der Waals surface area contributed by atoms with E-state index in [1.807, 2.05) is 24.8 Å². The van der Waals surface area contributed by atoms with Crippen molar-refractivity contribution in [2.75, 3.05) is 12.3 Å². The number of aryl methyl sites for hydroxylation is 1. The molecule has 1 N–H and O–H groups in total. The molecule has 0 amide bonds. The molecule has 1 fully saturated rings. The zero-order valence-corrected chi connectivity index (χ0v) is 9.56. The molecular formula is C11H17NOS. The van der Waals surface area contributed by atoms with Gasteiger partial charge in [0.2, 0.25) is 0 Å². The van der Waals surface area contributed by atoms with Crippen molar-refractivity contribution in [2.24, 2.45) is 0 Å². The molecule has 1 aromatic heterocycles. The quantitative estimate of drug-likeness (QED) is 0.773. The van der Waals surface area contributed by atoms with E-state index in [4.69, 9.17) is 4.42 Å². The van der Waals surface area contributed by atoms with Crippen molar-refractivity contribution < 1.29 is 4.42 Å². The highest BCUT2D eigenvalue weighted by atomic mass is 32.2. The van der Waals surface area contributed by atoms with Crippen LogP contribution in [0, 0.1) is 6.92 Å². The van der Waals surface area contributed by atoms with Crippen LogP contribution >= 0.6 is 11.8 Å². The Morgan fingerprint density at radius 1 is 1.50 bits per heavy atom. The molecule has 2 nitrogen and oxygen atoms in total. The summed E-state index contributed by atoms with van der Waals surface area (Å²) in [6.45, 7) is 5.39. The van der Waals surface area contributed by atoms with E-state index in [1.54, 1.807) is 0 Å². The lowest BCUT2D eigenvalue weighted by Crippen LogP contribution is -2.22. The SMILES string of the molecule is Cc1ccc(C2CSC(C)CCN2)o1. The fourth-order valence-electron chi connectivity index (χ4n) is 1.69. The highest BCUT2D eigenvalue weighted by Gasteiger charge is 2.19. The smallest absolute Gasteiger partial charge is 0.121 e. The van der Waals surface area contributed by atoms with Crippen molar-refractivity contribution >= 4 is 11.8 Å². The Labute approximate surface area is 89.4 Å². The molecule has 1 saturated heterocycles. The summed E-state index contributed by atoms with van der Waals surface area (Å²) in [6.07, 6.45) is 1.25.